The van der Waals surface area contributed by atoms with Crippen LogP contribution >= 0.6 is 0 Å². The lowest BCUT2D eigenvalue weighted by Crippen LogP contribution is -2.55. The first-order valence-electron chi connectivity index (χ1n) is 4.19. The zero-order valence-electron chi connectivity index (χ0n) is 7.68. The van der Waals surface area contributed by atoms with Gasteiger partial charge in [-0.1, -0.05) is 0 Å². The molecule has 11 heavy (non-hydrogen) atoms. The van der Waals surface area contributed by atoms with Crippen molar-refractivity contribution in [3.63, 3.8) is 0 Å². The lowest BCUT2D eigenvalue weighted by molar-refractivity contribution is -0.279. The van der Waals surface area contributed by atoms with Crippen molar-refractivity contribution in [2.24, 2.45) is 0 Å². The molecule has 0 N–H and O–H groups in total. The third kappa shape index (κ3) is 1.52. The molecule has 2 nitrogen and oxygen atoms in total. The number of hydrogen-bond acceptors (Lipinski definition) is 1. The standard InChI is InChI=1S/C9H17NO/c1-8(2)6-5-7-9(3,4)10(8)11/h1,5-7H2,2-4H3/q+1. The molecule has 1 atom stereocenters. The molecule has 1 fully saturated rings. The lowest BCUT2D eigenvalue weighted by Gasteiger charge is -2.42. The van der Waals surface area contributed by atoms with Gasteiger partial charge in [-0.3, -0.25) is 0 Å². The van der Waals surface area contributed by atoms with Crippen LogP contribution in [0.4, 0.5) is 0 Å². The number of hydrogen-bond donors (Lipinski definition) is 0. The van der Waals surface area contributed by atoms with Gasteiger partial charge in [0.1, 0.15) is 0 Å². The normalized spacial score (nSPS) is 38.9. The van der Waals surface area contributed by atoms with E-state index >= 15 is 0 Å². The molecule has 2 heteroatoms. The summed E-state index contributed by atoms with van der Waals surface area (Å²) in [4.78, 5) is 0. The molecule has 0 amide bonds. The Kier molecular flexibility index (Phi) is 1.93. The van der Waals surface area contributed by atoms with Gasteiger partial charge in [0, 0.05) is 12.0 Å². The number of nitrogens with zero attached hydrogens (tertiary/aromatic N) is 1. The average Bonchev–Trinajstić information content (AvgIpc) is 1.82. The number of hydroxylamine groups is 2. The van der Waals surface area contributed by atoms with Crippen molar-refractivity contribution in [2.45, 2.75) is 51.1 Å². The van der Waals surface area contributed by atoms with Crippen molar-refractivity contribution in [1.82, 2.24) is 5.06 Å². The summed E-state index contributed by atoms with van der Waals surface area (Å²) in [5, 5.41) is 12.8. The Balaban J connectivity index is 2.76. The Hall–Kier alpha value is -0.210. The van der Waals surface area contributed by atoms with Crippen LogP contribution in [0.5, 0.6) is 0 Å². The maximum Gasteiger partial charge on any atom is 0.181 e. The van der Waals surface area contributed by atoms with E-state index in [1.807, 2.05) is 20.8 Å². The van der Waals surface area contributed by atoms with E-state index in [1.165, 1.54) is 0 Å². The lowest BCUT2D eigenvalue weighted by atomic mass is 9.82. The Morgan fingerprint density at radius 2 is 1.82 bits per heavy atom. The van der Waals surface area contributed by atoms with Gasteiger partial charge < -0.3 is 0 Å². The highest BCUT2D eigenvalue weighted by atomic mass is 16.5. The zero-order valence-corrected chi connectivity index (χ0v) is 7.68. The van der Waals surface area contributed by atoms with Gasteiger partial charge >= 0.3 is 0 Å². The molecular weight excluding hydrogens is 138 g/mol. The molecule has 1 radical (unpaired) electrons. The highest BCUT2D eigenvalue weighted by Crippen LogP contribution is 2.36. The molecule has 0 spiro atoms. The highest BCUT2D eigenvalue weighted by molar-refractivity contribution is 4.96. The van der Waals surface area contributed by atoms with Crippen molar-refractivity contribution in [2.75, 3.05) is 0 Å². The molecule has 1 heterocycles. The molecule has 0 aromatic carbocycles. The van der Waals surface area contributed by atoms with Gasteiger partial charge in [-0.05, 0) is 33.6 Å². The minimum absolute atomic E-state index is 0.214. The van der Waals surface area contributed by atoms with Gasteiger partial charge in [0.2, 0.25) is 0 Å². The monoisotopic (exact) mass is 155 g/mol. The van der Waals surface area contributed by atoms with Crippen LogP contribution in [-0.4, -0.2) is 16.1 Å². The second kappa shape index (κ2) is 2.39. The molecule has 0 bridgehead atoms. The number of rotatable bonds is 0. The van der Waals surface area contributed by atoms with Crippen LogP contribution in [0.2, 0.25) is 0 Å². The summed E-state index contributed by atoms with van der Waals surface area (Å²) < 4.78 is 0. The van der Waals surface area contributed by atoms with E-state index in [4.69, 9.17) is 0 Å². The van der Waals surface area contributed by atoms with Crippen molar-refractivity contribution in [3.8, 4) is 0 Å². The summed E-state index contributed by atoms with van der Waals surface area (Å²) in [6, 6.07) is 0. The highest BCUT2D eigenvalue weighted by Gasteiger charge is 2.46. The first-order valence-corrected chi connectivity index (χ1v) is 4.19. The molecular formula is C9H17NO+. The molecule has 1 saturated heterocycles. The molecule has 63 valence electrons. The van der Waals surface area contributed by atoms with Gasteiger partial charge in [0.25, 0.3) is 0 Å². The van der Waals surface area contributed by atoms with Gasteiger partial charge in [0.15, 0.2) is 5.54 Å². The molecule has 0 aliphatic carbocycles. The smallest absolute Gasteiger partial charge is 0.116 e. The quantitative estimate of drug-likeness (QED) is 0.492. The average molecular weight is 155 g/mol. The predicted molar refractivity (Wildman–Crippen MR) is 44.2 cm³/mol. The summed E-state index contributed by atoms with van der Waals surface area (Å²) in [5.41, 5.74) is -0.615. The van der Waals surface area contributed by atoms with Crippen molar-refractivity contribution in [3.05, 3.63) is 6.92 Å². The fourth-order valence-corrected chi connectivity index (χ4v) is 1.84. The van der Waals surface area contributed by atoms with E-state index in [1.54, 1.807) is 0 Å². The molecule has 1 unspecified atom stereocenters. The van der Waals surface area contributed by atoms with E-state index in [2.05, 4.69) is 6.92 Å². The second-order valence-electron chi connectivity index (χ2n) is 4.46. The van der Waals surface area contributed by atoms with Crippen LogP contribution < -0.4 is 0 Å². The van der Waals surface area contributed by atoms with Gasteiger partial charge in [-0.2, -0.15) is 0 Å². The van der Waals surface area contributed by atoms with Gasteiger partial charge in [-0.15, -0.1) is 10.3 Å². The summed E-state index contributed by atoms with van der Waals surface area (Å²) in [5.74, 6) is 0. The van der Waals surface area contributed by atoms with E-state index in [9.17, 15) is 5.21 Å². The fourth-order valence-electron chi connectivity index (χ4n) is 1.84. The fraction of sp³-hybridized carbons (Fsp3) is 0.889. The molecule has 1 aliphatic heterocycles. The molecule has 1 aliphatic rings. The topological polar surface area (TPSA) is 23.1 Å². The summed E-state index contributed by atoms with van der Waals surface area (Å²) in [6.45, 7) is 9.81. The Morgan fingerprint density at radius 1 is 1.27 bits per heavy atom. The maximum atomic E-state index is 11.6. The maximum absolute atomic E-state index is 11.6. The molecule has 1 rings (SSSR count). The van der Waals surface area contributed by atoms with Crippen molar-refractivity contribution >= 4 is 0 Å². The van der Waals surface area contributed by atoms with Crippen molar-refractivity contribution < 1.29 is 5.21 Å². The van der Waals surface area contributed by atoms with Crippen LogP contribution in [-0.2, 0) is 5.21 Å². The molecule has 0 saturated carbocycles. The predicted octanol–water partition coefficient (Wildman–Crippen LogP) is 2.19. The molecule has 0 aromatic heterocycles. The SMILES string of the molecule is [CH2+]C1(C)CCCC(C)(C)N1[O]. The van der Waals surface area contributed by atoms with E-state index in [-0.39, 0.29) is 5.54 Å². The van der Waals surface area contributed by atoms with Crippen LogP contribution in [0.15, 0.2) is 0 Å². The summed E-state index contributed by atoms with van der Waals surface area (Å²) in [6.07, 6.45) is 3.02. The van der Waals surface area contributed by atoms with Crippen LogP contribution in [0, 0.1) is 6.92 Å². The molecule has 0 aromatic rings. The third-order valence-corrected chi connectivity index (χ3v) is 2.54. The van der Waals surface area contributed by atoms with E-state index in [0.717, 1.165) is 24.3 Å². The minimum Gasteiger partial charge on any atom is -0.116 e. The minimum atomic E-state index is -0.401. The van der Waals surface area contributed by atoms with Crippen molar-refractivity contribution in [1.29, 1.82) is 0 Å². The largest absolute Gasteiger partial charge is 0.181 e. The Bertz CT molecular complexity index is 136. The Labute approximate surface area is 69.2 Å². The second-order valence-corrected chi connectivity index (χ2v) is 4.46. The number of piperidine rings is 1. The van der Waals surface area contributed by atoms with Gasteiger partial charge in [-0.25, -0.2) is 0 Å². The van der Waals surface area contributed by atoms with E-state index < -0.39 is 5.54 Å². The van der Waals surface area contributed by atoms with Crippen LogP contribution in [0.1, 0.15) is 40.0 Å². The van der Waals surface area contributed by atoms with Gasteiger partial charge in [0.05, 0.1) is 6.92 Å². The Morgan fingerprint density at radius 3 is 2.18 bits per heavy atom. The van der Waals surface area contributed by atoms with Crippen LogP contribution in [0.3, 0.4) is 0 Å². The summed E-state index contributed by atoms with van der Waals surface area (Å²) in [7, 11) is 0. The first-order chi connectivity index (χ1) is 4.86. The first kappa shape index (κ1) is 8.88. The zero-order chi connectivity index (χ0) is 8.70. The third-order valence-electron chi connectivity index (χ3n) is 2.54. The van der Waals surface area contributed by atoms with Crippen LogP contribution in [0.25, 0.3) is 0 Å². The van der Waals surface area contributed by atoms with E-state index in [0.29, 0.717) is 0 Å². The summed E-state index contributed by atoms with van der Waals surface area (Å²) >= 11 is 0.